The fourth-order valence-electron chi connectivity index (χ4n) is 9.46. The number of nitrogens with two attached hydrogens (primary N) is 3. The minimum atomic E-state index is -1.43. The molecule has 0 saturated carbocycles. The van der Waals surface area contributed by atoms with Crippen LogP contribution in [0.4, 0.5) is 0 Å². The predicted octanol–water partition coefficient (Wildman–Crippen LogP) is -0.299. The monoisotopic (exact) mass is 1180 g/mol. The molecule has 3 rings (SSSR count). The number of para-hydroxylation sites is 1. The van der Waals surface area contributed by atoms with Crippen molar-refractivity contribution in [2.45, 2.75) is 180 Å². The summed E-state index contributed by atoms with van der Waals surface area (Å²) >= 11 is 1.39. The molecule has 0 aliphatic carbocycles. The second-order valence-corrected chi connectivity index (χ2v) is 23.7. The van der Waals surface area contributed by atoms with Crippen LogP contribution in [0.15, 0.2) is 30.5 Å². The van der Waals surface area contributed by atoms with E-state index in [4.69, 9.17) is 17.2 Å². The van der Waals surface area contributed by atoms with Gasteiger partial charge in [0, 0.05) is 42.9 Å². The van der Waals surface area contributed by atoms with Gasteiger partial charge < -0.3 is 74.7 Å². The van der Waals surface area contributed by atoms with Gasteiger partial charge in [-0.15, -0.1) is 0 Å². The lowest BCUT2D eigenvalue weighted by Gasteiger charge is -2.29. The van der Waals surface area contributed by atoms with Crippen molar-refractivity contribution < 1.29 is 62.6 Å². The van der Waals surface area contributed by atoms with Crippen LogP contribution in [0.3, 0.4) is 0 Å². The summed E-state index contributed by atoms with van der Waals surface area (Å²) in [7, 11) is 0. The molecule has 0 bridgehead atoms. The van der Waals surface area contributed by atoms with Crippen LogP contribution in [0.1, 0.15) is 125 Å². The van der Waals surface area contributed by atoms with E-state index >= 15 is 0 Å². The molecule has 1 aromatic heterocycles. The first-order chi connectivity index (χ1) is 39.0. The van der Waals surface area contributed by atoms with Crippen molar-refractivity contribution in [3.8, 4) is 0 Å². The zero-order valence-electron chi connectivity index (χ0n) is 49.2. The number of hydrogen-bond acceptors (Lipinski definition) is 14. The van der Waals surface area contributed by atoms with Crippen LogP contribution in [0.5, 0.6) is 0 Å². The number of H-pyrrole nitrogens is 1. The molecule has 2 aromatic rings. The lowest BCUT2D eigenvalue weighted by molar-refractivity contribution is -0.143. The maximum Gasteiger partial charge on any atom is 0.326 e. The van der Waals surface area contributed by atoms with Crippen molar-refractivity contribution in [2.75, 3.05) is 25.1 Å². The molecule has 1 aliphatic heterocycles. The van der Waals surface area contributed by atoms with E-state index in [0.717, 1.165) is 10.9 Å². The van der Waals surface area contributed by atoms with Gasteiger partial charge in [0.25, 0.3) is 0 Å². The van der Waals surface area contributed by atoms with E-state index in [1.165, 1.54) is 16.7 Å². The van der Waals surface area contributed by atoms with Crippen molar-refractivity contribution in [1.82, 2.24) is 52.4 Å². The summed E-state index contributed by atoms with van der Waals surface area (Å²) in [5.74, 6) is -10.0. The molecule has 26 nitrogen and oxygen atoms in total. The van der Waals surface area contributed by atoms with Crippen molar-refractivity contribution in [1.29, 1.82) is 0 Å². The maximum atomic E-state index is 14.7. The lowest BCUT2D eigenvalue weighted by Crippen LogP contribution is -2.61. The smallest absolute Gasteiger partial charge is 0.326 e. The summed E-state index contributed by atoms with van der Waals surface area (Å²) in [6.07, 6.45) is 3.69. The van der Waals surface area contributed by atoms with Crippen molar-refractivity contribution in [2.24, 2.45) is 40.9 Å². The largest absolute Gasteiger partial charge is 0.480 e. The number of thioether (sulfide) groups is 1. The van der Waals surface area contributed by atoms with Gasteiger partial charge in [0.05, 0.1) is 12.6 Å². The minimum absolute atomic E-state index is 0.0217. The number of carbonyl (C=O) groups excluding carboxylic acids is 11. The van der Waals surface area contributed by atoms with E-state index in [0.29, 0.717) is 17.7 Å². The number of carboxylic acids is 1. The third kappa shape index (κ3) is 23.5. The Morgan fingerprint density at radius 1 is 0.627 bits per heavy atom. The molecule has 0 unspecified atom stereocenters. The van der Waals surface area contributed by atoms with E-state index in [9.17, 15) is 62.6 Å². The molecular formula is C56H89N13O13S. The molecule has 16 N–H and O–H groups in total. The number of nitrogens with one attached hydrogen (secondary N) is 9. The van der Waals surface area contributed by atoms with Gasteiger partial charge in [0.2, 0.25) is 65.0 Å². The number of aromatic amines is 1. The van der Waals surface area contributed by atoms with Crippen molar-refractivity contribution in [3.05, 3.63) is 36.0 Å². The van der Waals surface area contributed by atoms with Gasteiger partial charge in [-0.05, 0) is 98.7 Å². The van der Waals surface area contributed by atoms with Gasteiger partial charge in [0.15, 0.2) is 0 Å². The Hall–Kier alpha value is -7.29. The van der Waals surface area contributed by atoms with Crippen molar-refractivity contribution in [3.63, 3.8) is 0 Å². The average molecular weight is 1180 g/mol. The second-order valence-electron chi connectivity index (χ2n) is 22.7. The molecule has 1 saturated heterocycles. The molecule has 1 aromatic carbocycles. The second kappa shape index (κ2) is 34.3. The highest BCUT2D eigenvalue weighted by Gasteiger charge is 2.39. The zero-order chi connectivity index (χ0) is 62.2. The van der Waals surface area contributed by atoms with Gasteiger partial charge in [-0.2, -0.15) is 11.8 Å². The predicted molar refractivity (Wildman–Crippen MR) is 312 cm³/mol. The number of fused-ring (bicyclic) bond motifs is 1. The molecule has 11 amide bonds. The topological polar surface area (TPSA) is 418 Å². The molecular weight excluding hydrogens is 1090 g/mol. The Bertz CT molecular complexity index is 2590. The van der Waals surface area contributed by atoms with E-state index in [2.05, 4.69) is 47.5 Å². The van der Waals surface area contributed by atoms with Crippen LogP contribution in [0.25, 0.3) is 10.9 Å². The Kier molecular flexibility index (Phi) is 29.0. The third-order valence-corrected chi connectivity index (χ3v) is 14.5. The molecule has 1 aliphatic rings. The van der Waals surface area contributed by atoms with Crippen LogP contribution in [0.2, 0.25) is 0 Å². The molecule has 0 radical (unpaired) electrons. The highest BCUT2D eigenvalue weighted by Crippen LogP contribution is 2.22. The summed E-state index contributed by atoms with van der Waals surface area (Å²) in [6.45, 7) is 13.8. The lowest BCUT2D eigenvalue weighted by atomic mass is 9.99. The summed E-state index contributed by atoms with van der Waals surface area (Å²) in [6, 6.07) is -3.94. The summed E-state index contributed by atoms with van der Waals surface area (Å²) in [5, 5.41) is 31.9. The standard InChI is InChI=1S/C56H89N13O13S/c1-29(2)23-39(51(76)62-37(17-19-45(59)71)50(75)68-47(32(7)8)56(81)82)65-54(79)42(26-33-27-60-36-14-11-10-13-34(33)36)66-49(74)38(20-22-83-9)63-52(77)40(24-30(3)4)64-53(78)41(25-31(5)6)67-55(80)43-15-12-21-69(43)46(72)28-61-48(73)35(57)16-18-44(58)70/h10-11,13-14,27,29-32,35,37-43,47,60H,12,15-26,28,57H2,1-9H3,(H2,58,70)(H2,59,71)(H,61,73)(H,62,76)(H,63,77)(H,64,78)(H,65,79)(H,66,74)(H,67,80)(H,68,75)(H,81,82)/t35-,37-,38-,39-,40-,41-,42-,43-,47-/m0/s1. The number of carboxylic acid groups (broad SMARTS) is 1. The van der Waals surface area contributed by atoms with Gasteiger partial charge >= 0.3 is 5.97 Å². The molecule has 9 atom stereocenters. The highest BCUT2D eigenvalue weighted by atomic mass is 32.2. The van der Waals surface area contributed by atoms with Crippen LogP contribution >= 0.6 is 11.8 Å². The Balaban J connectivity index is 1.91. The fraction of sp³-hybridized carbons (Fsp3) is 0.643. The van der Waals surface area contributed by atoms with E-state index in [-0.39, 0.29) is 88.5 Å². The molecule has 462 valence electrons. The number of hydrogen-bond donors (Lipinski definition) is 13. The number of nitrogens with zero attached hydrogens (tertiary/aromatic N) is 1. The molecule has 1 fully saturated rings. The van der Waals surface area contributed by atoms with Gasteiger partial charge in [-0.25, -0.2) is 4.79 Å². The number of amides is 11. The summed E-state index contributed by atoms with van der Waals surface area (Å²) in [4.78, 5) is 165. The molecule has 27 heteroatoms. The normalized spacial score (nSPS) is 16.2. The van der Waals surface area contributed by atoms with Crippen LogP contribution < -0.4 is 59.7 Å². The van der Waals surface area contributed by atoms with E-state index in [1.54, 1.807) is 46.2 Å². The fourth-order valence-corrected chi connectivity index (χ4v) is 9.93. The molecule has 83 heavy (non-hydrogen) atoms. The number of carbonyl (C=O) groups is 12. The summed E-state index contributed by atoms with van der Waals surface area (Å²) in [5.41, 5.74) is 17.7. The maximum absolute atomic E-state index is 14.7. The zero-order valence-corrected chi connectivity index (χ0v) is 50.0. The quantitative estimate of drug-likeness (QED) is 0.0417. The van der Waals surface area contributed by atoms with Gasteiger partial charge in [-0.1, -0.05) is 73.6 Å². The number of rotatable bonds is 36. The Morgan fingerprint density at radius 2 is 1.10 bits per heavy atom. The summed E-state index contributed by atoms with van der Waals surface area (Å²) < 4.78 is 0. The first-order valence-corrected chi connectivity index (χ1v) is 29.7. The van der Waals surface area contributed by atoms with Gasteiger partial charge in [0.1, 0.15) is 48.3 Å². The van der Waals surface area contributed by atoms with Crippen LogP contribution in [-0.2, 0) is 64.0 Å². The molecule has 0 spiro atoms. The van der Waals surface area contributed by atoms with E-state index in [1.807, 2.05) is 45.9 Å². The first-order valence-electron chi connectivity index (χ1n) is 28.3. The minimum Gasteiger partial charge on any atom is -0.480 e. The van der Waals surface area contributed by atoms with Crippen molar-refractivity contribution >= 4 is 93.6 Å². The SMILES string of the molecule is CSCC[C@H](NC(=O)[C@H](CC(C)C)NC(=O)[C@H](CC(C)C)NC(=O)[C@@H]1CCCN1C(=O)CNC(=O)[C@@H](N)CCC(N)=O)C(=O)N[C@@H](Cc1c[nH]c2ccccc12)C(=O)N[C@@H](CC(C)C)C(=O)N[C@@H](CCC(N)=O)C(=O)N[C@H](C(=O)O)C(C)C. The van der Waals surface area contributed by atoms with Crippen LogP contribution in [0, 0.1) is 23.7 Å². The highest BCUT2D eigenvalue weighted by molar-refractivity contribution is 7.98. The third-order valence-electron chi connectivity index (χ3n) is 13.9. The van der Waals surface area contributed by atoms with E-state index < -0.39 is 138 Å². The number of benzene rings is 1. The number of aromatic nitrogens is 1. The number of primary amides is 2. The number of aliphatic carboxylic acids is 1. The van der Waals surface area contributed by atoms with Crippen LogP contribution in [-0.4, -0.2) is 165 Å². The van der Waals surface area contributed by atoms with Gasteiger partial charge in [-0.3, -0.25) is 52.7 Å². The average Bonchev–Trinajstić information content (AvgIpc) is 4.13. The first kappa shape index (κ1) is 70.0. The number of likely N-dealkylation sites (tertiary alicyclic amines) is 1. The Morgan fingerprint density at radius 3 is 1.61 bits per heavy atom. The Labute approximate surface area is 489 Å². The molecule has 2 heterocycles.